The minimum Gasteiger partial charge on any atom is -0.477 e. The van der Waals surface area contributed by atoms with Crippen LogP contribution in [0.15, 0.2) is 36.5 Å². The zero-order chi connectivity index (χ0) is 17.1. The second kappa shape index (κ2) is 6.88. The normalized spacial score (nSPS) is 19.8. The summed E-state index contributed by atoms with van der Waals surface area (Å²) in [7, 11) is 0. The van der Waals surface area contributed by atoms with Crippen molar-refractivity contribution in [3.8, 4) is 5.75 Å². The van der Waals surface area contributed by atoms with Crippen LogP contribution in [0, 0.1) is 0 Å². The molecule has 0 bridgehead atoms. The number of H-pyrrole nitrogens is 1. The Hall–Kier alpha value is -2.34. The van der Waals surface area contributed by atoms with Crippen LogP contribution in [0.25, 0.3) is 0 Å². The lowest BCUT2D eigenvalue weighted by Gasteiger charge is -2.39. The summed E-state index contributed by atoms with van der Waals surface area (Å²) in [4.78, 5) is 15.5. The van der Waals surface area contributed by atoms with E-state index in [4.69, 9.17) is 4.74 Å². The molecule has 6 heteroatoms. The van der Waals surface area contributed by atoms with E-state index in [0.717, 1.165) is 49.5 Å². The number of ether oxygens (including phenoxy) is 1. The Morgan fingerprint density at radius 1 is 1.20 bits per heavy atom. The average molecular weight is 340 g/mol. The van der Waals surface area contributed by atoms with Crippen LogP contribution in [0.1, 0.15) is 30.5 Å². The second-order valence-electron chi connectivity index (χ2n) is 6.86. The Morgan fingerprint density at radius 3 is 2.80 bits per heavy atom. The number of rotatable bonds is 3. The molecule has 1 amide bonds. The Kier molecular flexibility index (Phi) is 4.44. The van der Waals surface area contributed by atoms with E-state index < -0.39 is 5.60 Å². The topological polar surface area (TPSA) is 70.2 Å². The van der Waals surface area contributed by atoms with E-state index in [1.807, 2.05) is 41.4 Å². The molecule has 0 aliphatic carbocycles. The first-order valence-corrected chi connectivity index (χ1v) is 9.02. The lowest BCUT2D eigenvalue weighted by atomic mass is 9.90. The van der Waals surface area contributed by atoms with Gasteiger partial charge < -0.3 is 15.0 Å². The first-order chi connectivity index (χ1) is 12.3. The van der Waals surface area contributed by atoms with E-state index >= 15 is 0 Å². The van der Waals surface area contributed by atoms with Crippen molar-refractivity contribution in [3.05, 3.63) is 47.8 Å². The Balaban J connectivity index is 1.59. The van der Waals surface area contributed by atoms with Gasteiger partial charge in [0.25, 0.3) is 5.91 Å². The third-order valence-corrected chi connectivity index (χ3v) is 5.17. The summed E-state index contributed by atoms with van der Waals surface area (Å²) in [5.41, 5.74) is 1.49. The van der Waals surface area contributed by atoms with Gasteiger partial charge in [-0.1, -0.05) is 18.2 Å². The van der Waals surface area contributed by atoms with Crippen molar-refractivity contribution in [3.63, 3.8) is 0 Å². The summed E-state index contributed by atoms with van der Waals surface area (Å²) < 4.78 is 6.31. The van der Waals surface area contributed by atoms with E-state index in [2.05, 4.69) is 15.5 Å². The number of hydrogen-bond acceptors (Lipinski definition) is 4. The molecule has 1 saturated heterocycles. The molecule has 2 aromatic rings. The van der Waals surface area contributed by atoms with Crippen LogP contribution in [0.3, 0.4) is 0 Å². The summed E-state index contributed by atoms with van der Waals surface area (Å²) in [6.07, 6.45) is 5.10. The summed E-state index contributed by atoms with van der Waals surface area (Å²) in [6.45, 7) is 2.96. The molecule has 1 aromatic carbocycles. The molecule has 1 fully saturated rings. The molecule has 2 N–H and O–H groups in total. The average Bonchev–Trinajstić information content (AvgIpc) is 2.99. The molecule has 1 aromatic heterocycles. The molecule has 3 heterocycles. The highest BCUT2D eigenvalue weighted by molar-refractivity contribution is 5.86. The standard InChI is InChI=1S/C19H24N4O2/c24-18(23-12-4-7-17-15(14-23)13-21-22-17)19(8-10-20-11-9-19)25-16-5-2-1-3-6-16/h1-3,5-6,13,20H,4,7-12,14H2,(H,21,22). The van der Waals surface area contributed by atoms with Gasteiger partial charge >= 0.3 is 0 Å². The van der Waals surface area contributed by atoms with E-state index in [1.54, 1.807) is 0 Å². The van der Waals surface area contributed by atoms with Crippen LogP contribution in [0.4, 0.5) is 0 Å². The summed E-state index contributed by atoms with van der Waals surface area (Å²) in [5.74, 6) is 0.864. The molecule has 2 aliphatic rings. The Bertz CT molecular complexity index is 722. The number of hydrogen-bond donors (Lipinski definition) is 2. The lowest BCUT2D eigenvalue weighted by molar-refractivity contribution is -0.151. The minimum absolute atomic E-state index is 0.104. The fraction of sp³-hybridized carbons (Fsp3) is 0.474. The number of nitrogens with zero attached hydrogens (tertiary/aromatic N) is 2. The molecule has 0 radical (unpaired) electrons. The Morgan fingerprint density at radius 2 is 2.00 bits per heavy atom. The molecule has 25 heavy (non-hydrogen) atoms. The van der Waals surface area contributed by atoms with Gasteiger partial charge in [-0.25, -0.2) is 0 Å². The predicted molar refractivity (Wildman–Crippen MR) is 94.2 cm³/mol. The van der Waals surface area contributed by atoms with Gasteiger partial charge in [-0.3, -0.25) is 9.89 Å². The van der Waals surface area contributed by atoms with Crippen molar-refractivity contribution in [2.24, 2.45) is 0 Å². The van der Waals surface area contributed by atoms with Crippen LogP contribution < -0.4 is 10.1 Å². The van der Waals surface area contributed by atoms with Gasteiger partial charge in [0, 0.05) is 37.2 Å². The molecular weight excluding hydrogens is 316 g/mol. The molecule has 0 unspecified atom stereocenters. The number of amides is 1. The monoisotopic (exact) mass is 340 g/mol. The minimum atomic E-state index is -0.777. The van der Waals surface area contributed by atoms with Crippen molar-refractivity contribution in [2.75, 3.05) is 19.6 Å². The largest absolute Gasteiger partial charge is 0.477 e. The van der Waals surface area contributed by atoms with Gasteiger partial charge in [0.2, 0.25) is 0 Å². The second-order valence-corrected chi connectivity index (χ2v) is 6.86. The van der Waals surface area contributed by atoms with Crippen molar-refractivity contribution in [2.45, 2.75) is 37.8 Å². The van der Waals surface area contributed by atoms with Crippen molar-refractivity contribution < 1.29 is 9.53 Å². The SMILES string of the molecule is O=C(N1CCCc2[nH]ncc2C1)C1(Oc2ccccc2)CCNCC1. The number of nitrogens with one attached hydrogen (secondary N) is 2. The van der Waals surface area contributed by atoms with Gasteiger partial charge in [-0.05, 0) is 38.1 Å². The molecule has 6 nitrogen and oxygen atoms in total. The first-order valence-electron chi connectivity index (χ1n) is 9.02. The smallest absolute Gasteiger partial charge is 0.267 e. The number of carbonyl (C=O) groups is 1. The fourth-order valence-electron chi connectivity index (χ4n) is 3.79. The number of benzene rings is 1. The quantitative estimate of drug-likeness (QED) is 0.895. The van der Waals surface area contributed by atoms with E-state index in [9.17, 15) is 4.79 Å². The van der Waals surface area contributed by atoms with E-state index in [-0.39, 0.29) is 5.91 Å². The van der Waals surface area contributed by atoms with E-state index in [0.29, 0.717) is 19.4 Å². The highest BCUT2D eigenvalue weighted by Gasteiger charge is 2.45. The van der Waals surface area contributed by atoms with Gasteiger partial charge in [-0.15, -0.1) is 0 Å². The third-order valence-electron chi connectivity index (χ3n) is 5.17. The maximum atomic E-state index is 13.5. The van der Waals surface area contributed by atoms with Crippen molar-refractivity contribution >= 4 is 5.91 Å². The Labute approximate surface area is 147 Å². The third kappa shape index (κ3) is 3.26. The molecule has 132 valence electrons. The maximum absolute atomic E-state index is 13.5. The first kappa shape index (κ1) is 16.1. The molecule has 0 saturated carbocycles. The van der Waals surface area contributed by atoms with Crippen LogP contribution in [-0.4, -0.2) is 46.2 Å². The lowest BCUT2D eigenvalue weighted by Crippen LogP contribution is -2.57. The fourth-order valence-corrected chi connectivity index (χ4v) is 3.79. The van der Waals surface area contributed by atoms with E-state index in [1.165, 1.54) is 0 Å². The molecule has 0 spiro atoms. The van der Waals surface area contributed by atoms with Crippen LogP contribution in [0.2, 0.25) is 0 Å². The van der Waals surface area contributed by atoms with Gasteiger partial charge in [0.15, 0.2) is 5.60 Å². The van der Waals surface area contributed by atoms with Gasteiger partial charge in [0.05, 0.1) is 6.20 Å². The number of piperidine rings is 1. The maximum Gasteiger partial charge on any atom is 0.267 e. The molecule has 2 aliphatic heterocycles. The van der Waals surface area contributed by atoms with Crippen LogP contribution in [0.5, 0.6) is 5.75 Å². The van der Waals surface area contributed by atoms with Gasteiger partial charge in [0.1, 0.15) is 5.75 Å². The number of aromatic nitrogens is 2. The molecule has 0 atom stereocenters. The van der Waals surface area contributed by atoms with Crippen LogP contribution >= 0.6 is 0 Å². The number of fused-ring (bicyclic) bond motifs is 1. The number of para-hydroxylation sites is 1. The van der Waals surface area contributed by atoms with Crippen molar-refractivity contribution in [1.29, 1.82) is 0 Å². The predicted octanol–water partition coefficient (Wildman–Crippen LogP) is 1.89. The van der Waals surface area contributed by atoms with Crippen molar-refractivity contribution in [1.82, 2.24) is 20.4 Å². The summed E-state index contributed by atoms with van der Waals surface area (Å²) >= 11 is 0. The zero-order valence-corrected chi connectivity index (χ0v) is 14.3. The summed E-state index contributed by atoms with van der Waals surface area (Å²) in [6, 6.07) is 9.69. The summed E-state index contributed by atoms with van der Waals surface area (Å²) in [5, 5.41) is 10.5. The number of aromatic amines is 1. The number of carbonyl (C=O) groups excluding carboxylic acids is 1. The van der Waals surface area contributed by atoms with Gasteiger partial charge in [-0.2, -0.15) is 5.10 Å². The number of aryl methyl sites for hydroxylation is 1. The van der Waals surface area contributed by atoms with Crippen LogP contribution in [-0.2, 0) is 17.8 Å². The zero-order valence-electron chi connectivity index (χ0n) is 14.3. The molecular formula is C19H24N4O2. The highest BCUT2D eigenvalue weighted by atomic mass is 16.5. The highest BCUT2D eigenvalue weighted by Crippen LogP contribution is 2.30. The molecule has 4 rings (SSSR count).